The van der Waals surface area contributed by atoms with Crippen molar-refractivity contribution in [2.45, 2.75) is 106 Å². The highest BCUT2D eigenvalue weighted by Crippen LogP contribution is 2.71. The highest BCUT2D eigenvalue weighted by Gasteiger charge is 2.65. The molecule has 0 aliphatic heterocycles. The molecule has 0 bridgehead atoms. The normalized spacial score (nSPS) is 42.9. The average Bonchev–Trinajstić information content (AvgIpc) is 2.90. The van der Waals surface area contributed by atoms with Crippen molar-refractivity contribution in [1.82, 2.24) is 0 Å². The zero-order valence-corrected chi connectivity index (χ0v) is 26.9. The Balaban J connectivity index is 1.86. The van der Waals surface area contributed by atoms with Crippen LogP contribution in [0, 0.1) is 55.7 Å². The second-order valence-electron chi connectivity index (χ2n) is 15.5. The van der Waals surface area contributed by atoms with Gasteiger partial charge in [0.15, 0.2) is 11.6 Å². The third kappa shape index (κ3) is 4.75. The van der Waals surface area contributed by atoms with E-state index in [2.05, 4.69) is 40.7 Å². The Bertz CT molecular complexity index is 1220. The van der Waals surface area contributed by atoms with Gasteiger partial charge < -0.3 is 9.47 Å². The zero-order chi connectivity index (χ0) is 30.6. The minimum absolute atomic E-state index is 0.0161. The maximum Gasteiger partial charge on any atom is 0.312 e. The van der Waals surface area contributed by atoms with Crippen molar-refractivity contribution in [1.29, 1.82) is 5.26 Å². The quantitative estimate of drug-likeness (QED) is 0.250. The van der Waals surface area contributed by atoms with E-state index < -0.39 is 16.2 Å². The van der Waals surface area contributed by atoms with Gasteiger partial charge in [-0.15, -0.1) is 0 Å². The molecule has 3 fully saturated rings. The predicted octanol–water partition coefficient (Wildman–Crippen LogP) is 7.18. The van der Waals surface area contributed by atoms with Gasteiger partial charge in [0.2, 0.25) is 0 Å². The number of hydrogen-bond donors (Lipinski definition) is 0. The average molecular weight is 566 g/mol. The Hall–Kier alpha value is -2.26. The second kappa shape index (κ2) is 10.5. The molecule has 4 aliphatic rings. The number of nitrogens with zero attached hydrogens (tertiary/aromatic N) is 1. The molecule has 0 saturated heterocycles. The second-order valence-corrected chi connectivity index (χ2v) is 15.5. The predicted molar refractivity (Wildman–Crippen MR) is 159 cm³/mol. The summed E-state index contributed by atoms with van der Waals surface area (Å²) in [5.41, 5.74) is -0.991. The monoisotopic (exact) mass is 565 g/mol. The molecule has 7 atom stereocenters. The molecule has 6 nitrogen and oxygen atoms in total. The van der Waals surface area contributed by atoms with Gasteiger partial charge >= 0.3 is 5.97 Å². The smallest absolute Gasteiger partial charge is 0.312 e. The fraction of sp³-hybridized carbons (Fsp3) is 0.771. The summed E-state index contributed by atoms with van der Waals surface area (Å²) >= 11 is 0. The fourth-order valence-electron chi connectivity index (χ4n) is 10.0. The summed E-state index contributed by atoms with van der Waals surface area (Å²) in [6.07, 6.45) is 11.3. The number of carbonyl (C=O) groups excluding carboxylic acids is 3. The topological polar surface area (TPSA) is 93.5 Å². The molecule has 41 heavy (non-hydrogen) atoms. The summed E-state index contributed by atoms with van der Waals surface area (Å²) in [7, 11) is 3.16. The number of rotatable bonds is 6. The van der Waals surface area contributed by atoms with Crippen LogP contribution >= 0.6 is 0 Å². The van der Waals surface area contributed by atoms with Crippen LogP contribution in [-0.2, 0) is 23.9 Å². The Labute approximate surface area is 247 Å². The standard InChI is InChI=1S/C35H51NO5/c1-23(37)18-27-33(6)19-24(22-36)28(38)32(5,16-17-40-8)26(33)10-11-34(27,7)31(4)13-15-35(29(39)41-9)14-12-30(2,3)20-25(35)21-31/h18-19,25-26H,10-17,20-21H2,1-9H3/b27-18-/t25?,26?,31-,32+,33+,34-,35+/m1/s1. The van der Waals surface area contributed by atoms with Gasteiger partial charge in [-0.2, -0.15) is 5.26 Å². The van der Waals surface area contributed by atoms with Crippen LogP contribution in [0.15, 0.2) is 23.3 Å². The van der Waals surface area contributed by atoms with Gasteiger partial charge in [-0.25, -0.2) is 0 Å². The highest BCUT2D eigenvalue weighted by atomic mass is 16.5. The maximum atomic E-state index is 13.7. The van der Waals surface area contributed by atoms with Gasteiger partial charge in [-0.05, 0) is 98.9 Å². The molecule has 0 radical (unpaired) electrons. The summed E-state index contributed by atoms with van der Waals surface area (Å²) in [6, 6.07) is 2.21. The van der Waals surface area contributed by atoms with Gasteiger partial charge in [0.25, 0.3) is 0 Å². The molecule has 0 N–H and O–H groups in total. The van der Waals surface area contributed by atoms with Crippen LogP contribution in [0.25, 0.3) is 0 Å². The summed E-state index contributed by atoms with van der Waals surface area (Å²) in [5.74, 6) is -0.0485. The highest BCUT2D eigenvalue weighted by molar-refractivity contribution is 6.04. The van der Waals surface area contributed by atoms with E-state index in [1.807, 2.05) is 19.1 Å². The largest absolute Gasteiger partial charge is 0.469 e. The Morgan fingerprint density at radius 1 is 1.02 bits per heavy atom. The number of ketones is 2. The molecule has 2 unspecified atom stereocenters. The number of allylic oxidation sites excluding steroid dienone is 4. The van der Waals surface area contributed by atoms with Gasteiger partial charge in [-0.1, -0.05) is 53.2 Å². The van der Waals surface area contributed by atoms with E-state index in [1.54, 1.807) is 14.0 Å². The minimum Gasteiger partial charge on any atom is -0.469 e. The molecule has 0 amide bonds. The van der Waals surface area contributed by atoms with Crippen LogP contribution in [0.3, 0.4) is 0 Å². The van der Waals surface area contributed by atoms with Crippen molar-refractivity contribution in [3.8, 4) is 6.07 Å². The molecule has 3 saturated carbocycles. The van der Waals surface area contributed by atoms with Crippen molar-refractivity contribution < 1.29 is 23.9 Å². The number of nitriles is 1. The van der Waals surface area contributed by atoms with Crippen molar-refractivity contribution in [3.05, 3.63) is 23.3 Å². The molecule has 4 aliphatic carbocycles. The van der Waals surface area contributed by atoms with E-state index in [0.717, 1.165) is 56.9 Å². The summed E-state index contributed by atoms with van der Waals surface area (Å²) in [5, 5.41) is 10.1. The molecule has 4 rings (SSSR count). The molecular formula is C35H51NO5. The third-order valence-corrected chi connectivity index (χ3v) is 12.7. The van der Waals surface area contributed by atoms with Gasteiger partial charge in [0, 0.05) is 24.5 Å². The zero-order valence-electron chi connectivity index (χ0n) is 26.9. The lowest BCUT2D eigenvalue weighted by molar-refractivity contribution is -0.174. The fourth-order valence-corrected chi connectivity index (χ4v) is 10.0. The Morgan fingerprint density at radius 2 is 1.68 bits per heavy atom. The molecule has 0 aromatic heterocycles. The minimum atomic E-state index is -0.761. The number of ether oxygens (including phenoxy) is 2. The van der Waals surface area contributed by atoms with E-state index in [4.69, 9.17) is 9.47 Å². The first kappa shape index (κ1) is 31.7. The van der Waals surface area contributed by atoms with Crippen LogP contribution in [-0.4, -0.2) is 38.4 Å². The van der Waals surface area contributed by atoms with Crippen LogP contribution in [0.2, 0.25) is 0 Å². The lowest BCUT2D eigenvalue weighted by Crippen LogP contribution is -2.59. The summed E-state index contributed by atoms with van der Waals surface area (Å²) in [6.45, 7) is 15.5. The van der Waals surface area contributed by atoms with E-state index >= 15 is 0 Å². The molecular weight excluding hydrogens is 514 g/mol. The lowest BCUT2D eigenvalue weighted by Gasteiger charge is -2.65. The summed E-state index contributed by atoms with van der Waals surface area (Å²) in [4.78, 5) is 40.0. The van der Waals surface area contributed by atoms with Crippen LogP contribution in [0.5, 0.6) is 0 Å². The van der Waals surface area contributed by atoms with Crippen LogP contribution in [0.4, 0.5) is 0 Å². The number of esters is 1. The van der Waals surface area contributed by atoms with Gasteiger partial charge in [0.05, 0.1) is 18.1 Å². The molecule has 0 aromatic carbocycles. The number of Topliss-reactive ketones (excluding diaryl/α,β-unsaturated/α-hetero) is 1. The Kier molecular flexibility index (Phi) is 8.09. The third-order valence-electron chi connectivity index (χ3n) is 12.7. The molecule has 0 heterocycles. The van der Waals surface area contributed by atoms with Crippen LogP contribution in [0.1, 0.15) is 106 Å². The number of methoxy groups -OCH3 is 2. The first-order valence-electron chi connectivity index (χ1n) is 15.5. The molecule has 6 heteroatoms. The number of carbonyl (C=O) groups is 3. The first-order valence-corrected chi connectivity index (χ1v) is 15.5. The van der Waals surface area contributed by atoms with Gasteiger partial charge in [-0.3, -0.25) is 14.4 Å². The SMILES string of the molecule is COCC[C@]1(C)C(=O)C(C#N)=C[C@]2(C)/C(=C/C(C)=O)[C@](C)([C@]3(C)CC[C@@]4(C(=O)OC)CCC(C)(C)CC4C3)CCC12. The molecule has 0 aromatic rings. The van der Waals surface area contributed by atoms with Crippen molar-refractivity contribution in [3.63, 3.8) is 0 Å². The lowest BCUT2D eigenvalue weighted by atomic mass is 9.38. The van der Waals surface area contributed by atoms with Crippen molar-refractivity contribution in [2.75, 3.05) is 20.8 Å². The Morgan fingerprint density at radius 3 is 2.27 bits per heavy atom. The summed E-state index contributed by atoms with van der Waals surface area (Å²) < 4.78 is 10.9. The van der Waals surface area contributed by atoms with E-state index in [0.29, 0.717) is 13.0 Å². The first-order chi connectivity index (χ1) is 19.0. The number of hydrogen-bond acceptors (Lipinski definition) is 6. The van der Waals surface area contributed by atoms with E-state index in [9.17, 15) is 19.6 Å². The maximum absolute atomic E-state index is 13.7. The number of fused-ring (bicyclic) bond motifs is 2. The van der Waals surface area contributed by atoms with Crippen molar-refractivity contribution in [2.24, 2.45) is 44.3 Å². The van der Waals surface area contributed by atoms with Crippen molar-refractivity contribution >= 4 is 17.5 Å². The van der Waals surface area contributed by atoms with E-state index in [-0.39, 0.29) is 51.2 Å². The van der Waals surface area contributed by atoms with Crippen LogP contribution < -0.4 is 0 Å². The van der Waals surface area contributed by atoms with Gasteiger partial charge in [0.1, 0.15) is 6.07 Å². The molecule has 0 spiro atoms. The van der Waals surface area contributed by atoms with E-state index in [1.165, 1.54) is 7.11 Å². The molecule has 226 valence electrons.